The van der Waals surface area contributed by atoms with Gasteiger partial charge in [0.2, 0.25) is 0 Å². The molecule has 1 aliphatic carbocycles. The summed E-state index contributed by atoms with van der Waals surface area (Å²) in [7, 11) is 0. The molecule has 0 radical (unpaired) electrons. The molecular formula is C19H15F4NO3S. The number of hydrogen-bond donors (Lipinski definition) is 2. The predicted molar refractivity (Wildman–Crippen MR) is 95.3 cm³/mol. The highest BCUT2D eigenvalue weighted by Crippen LogP contribution is 2.52. The zero-order chi connectivity index (χ0) is 20.5. The number of carbonyl (C=O) groups is 2. The van der Waals surface area contributed by atoms with E-state index < -0.39 is 35.1 Å². The van der Waals surface area contributed by atoms with Crippen molar-refractivity contribution in [3.05, 3.63) is 59.2 Å². The first-order valence-corrected chi connectivity index (χ1v) is 9.28. The Labute approximate surface area is 161 Å². The Morgan fingerprint density at radius 3 is 2.25 bits per heavy atom. The SMILES string of the molecule is O=C(O)CC1(CSc2cc(C(=O)Nc3cc(F)c(F)c(F)c3)ccc2F)CC1. The topological polar surface area (TPSA) is 66.4 Å². The molecule has 1 saturated carbocycles. The molecule has 28 heavy (non-hydrogen) atoms. The van der Waals surface area contributed by atoms with E-state index in [1.54, 1.807) is 0 Å². The molecule has 0 unspecified atom stereocenters. The van der Waals surface area contributed by atoms with Gasteiger partial charge in [-0.1, -0.05) is 0 Å². The largest absolute Gasteiger partial charge is 0.481 e. The second-order valence-electron chi connectivity index (χ2n) is 6.71. The van der Waals surface area contributed by atoms with Gasteiger partial charge < -0.3 is 10.4 Å². The van der Waals surface area contributed by atoms with Gasteiger partial charge in [0.15, 0.2) is 17.5 Å². The van der Waals surface area contributed by atoms with E-state index in [-0.39, 0.29) is 28.0 Å². The van der Waals surface area contributed by atoms with Crippen LogP contribution in [-0.4, -0.2) is 22.7 Å². The molecule has 4 nitrogen and oxygen atoms in total. The molecule has 9 heteroatoms. The summed E-state index contributed by atoms with van der Waals surface area (Å²) in [5.74, 6) is -6.36. The molecule has 0 aliphatic heterocycles. The number of nitrogens with one attached hydrogen (secondary N) is 1. The zero-order valence-electron chi connectivity index (χ0n) is 14.4. The standard InChI is InChI=1S/C19H15F4NO3S/c20-12-2-1-10(5-15(12)28-9-19(3-4-19)8-16(25)26)18(27)24-11-6-13(21)17(23)14(22)7-11/h1-2,5-7H,3-4,8-9H2,(H,24,27)(H,25,26). The van der Waals surface area contributed by atoms with Gasteiger partial charge in [-0.15, -0.1) is 11.8 Å². The Balaban J connectivity index is 1.72. The molecule has 0 heterocycles. The van der Waals surface area contributed by atoms with Crippen molar-refractivity contribution in [2.24, 2.45) is 5.41 Å². The van der Waals surface area contributed by atoms with Crippen LogP contribution in [0.3, 0.4) is 0 Å². The van der Waals surface area contributed by atoms with Crippen molar-refractivity contribution < 1.29 is 32.3 Å². The minimum Gasteiger partial charge on any atom is -0.481 e. The number of rotatable bonds is 7. The molecule has 3 rings (SSSR count). The highest BCUT2D eigenvalue weighted by atomic mass is 32.2. The van der Waals surface area contributed by atoms with Gasteiger partial charge in [0.1, 0.15) is 5.82 Å². The summed E-state index contributed by atoms with van der Waals surface area (Å²) in [4.78, 5) is 23.4. The highest BCUT2D eigenvalue weighted by molar-refractivity contribution is 7.99. The maximum Gasteiger partial charge on any atom is 0.303 e. The van der Waals surface area contributed by atoms with Crippen LogP contribution in [0, 0.1) is 28.7 Å². The molecule has 2 aromatic carbocycles. The van der Waals surface area contributed by atoms with Crippen molar-refractivity contribution in [2.45, 2.75) is 24.2 Å². The Hall–Kier alpha value is -2.55. The van der Waals surface area contributed by atoms with Crippen LogP contribution in [0.1, 0.15) is 29.6 Å². The lowest BCUT2D eigenvalue weighted by molar-refractivity contribution is -0.138. The van der Waals surface area contributed by atoms with Gasteiger partial charge in [-0.3, -0.25) is 9.59 Å². The Morgan fingerprint density at radius 1 is 1.04 bits per heavy atom. The molecule has 0 bridgehead atoms. The van der Waals surface area contributed by atoms with E-state index in [4.69, 9.17) is 5.11 Å². The van der Waals surface area contributed by atoms with Crippen molar-refractivity contribution >= 4 is 29.3 Å². The summed E-state index contributed by atoms with van der Waals surface area (Å²) < 4.78 is 53.6. The number of carboxylic acids is 1. The van der Waals surface area contributed by atoms with E-state index in [2.05, 4.69) is 5.32 Å². The molecule has 1 fully saturated rings. The monoisotopic (exact) mass is 413 g/mol. The molecule has 0 saturated heterocycles. The normalized spacial score (nSPS) is 14.6. The molecule has 148 valence electrons. The number of carbonyl (C=O) groups excluding carboxylic acids is 1. The summed E-state index contributed by atoms with van der Waals surface area (Å²) in [5, 5.41) is 11.2. The molecule has 2 aromatic rings. The Kier molecular flexibility index (Phi) is 5.64. The second-order valence-corrected chi connectivity index (χ2v) is 7.73. The van der Waals surface area contributed by atoms with Gasteiger partial charge in [0, 0.05) is 34.0 Å². The van der Waals surface area contributed by atoms with Crippen LogP contribution in [0.4, 0.5) is 23.2 Å². The summed E-state index contributed by atoms with van der Waals surface area (Å²) >= 11 is 1.12. The summed E-state index contributed by atoms with van der Waals surface area (Å²) in [5.41, 5.74) is -0.597. The maximum atomic E-state index is 14.1. The molecule has 0 spiro atoms. The lowest BCUT2D eigenvalue weighted by Crippen LogP contribution is -2.13. The van der Waals surface area contributed by atoms with Gasteiger partial charge in [-0.2, -0.15) is 0 Å². The number of benzene rings is 2. The molecule has 1 aliphatic rings. The summed E-state index contributed by atoms with van der Waals surface area (Å²) in [6.07, 6.45) is 1.50. The van der Waals surface area contributed by atoms with Crippen LogP contribution >= 0.6 is 11.8 Å². The average molecular weight is 413 g/mol. The van der Waals surface area contributed by atoms with Crippen LogP contribution in [0.25, 0.3) is 0 Å². The lowest BCUT2D eigenvalue weighted by Gasteiger charge is -2.13. The minimum absolute atomic E-state index is 0.00346. The van der Waals surface area contributed by atoms with E-state index in [0.717, 1.165) is 30.7 Å². The van der Waals surface area contributed by atoms with E-state index in [9.17, 15) is 27.2 Å². The number of anilines is 1. The first kappa shape index (κ1) is 20.2. The maximum absolute atomic E-state index is 14.1. The number of thioether (sulfide) groups is 1. The molecule has 1 amide bonds. The number of aliphatic carboxylic acids is 1. The number of amides is 1. The van der Waals surface area contributed by atoms with E-state index in [1.807, 2.05) is 0 Å². The Bertz CT molecular complexity index is 924. The van der Waals surface area contributed by atoms with Crippen LogP contribution in [0.5, 0.6) is 0 Å². The summed E-state index contributed by atoms with van der Waals surface area (Å²) in [6.45, 7) is 0. The highest BCUT2D eigenvalue weighted by Gasteiger charge is 2.44. The Morgan fingerprint density at radius 2 is 1.68 bits per heavy atom. The van der Waals surface area contributed by atoms with Crippen molar-refractivity contribution in [2.75, 3.05) is 11.1 Å². The first-order valence-electron chi connectivity index (χ1n) is 8.29. The number of hydrogen-bond acceptors (Lipinski definition) is 3. The third kappa shape index (κ3) is 4.64. The van der Waals surface area contributed by atoms with Crippen molar-refractivity contribution in [1.29, 1.82) is 0 Å². The van der Waals surface area contributed by atoms with Gasteiger partial charge in [0.05, 0.1) is 6.42 Å². The fourth-order valence-electron chi connectivity index (χ4n) is 2.69. The molecule has 2 N–H and O–H groups in total. The number of carboxylic acid groups (broad SMARTS) is 1. The van der Waals surface area contributed by atoms with Gasteiger partial charge >= 0.3 is 5.97 Å². The number of halogens is 4. The molecular weight excluding hydrogens is 398 g/mol. The van der Waals surface area contributed by atoms with Crippen LogP contribution in [0.15, 0.2) is 35.2 Å². The average Bonchev–Trinajstić information content (AvgIpc) is 3.37. The van der Waals surface area contributed by atoms with Gasteiger partial charge in [0.25, 0.3) is 5.91 Å². The molecule has 0 atom stereocenters. The quantitative estimate of drug-likeness (QED) is 0.387. The van der Waals surface area contributed by atoms with Gasteiger partial charge in [-0.25, -0.2) is 17.6 Å². The fraction of sp³-hybridized carbons (Fsp3) is 0.263. The lowest BCUT2D eigenvalue weighted by atomic mass is 10.1. The summed E-state index contributed by atoms with van der Waals surface area (Å²) in [6, 6.07) is 4.84. The van der Waals surface area contributed by atoms with Crippen molar-refractivity contribution in [1.82, 2.24) is 0 Å². The predicted octanol–water partition coefficient (Wildman–Crippen LogP) is 4.84. The molecule has 0 aromatic heterocycles. The zero-order valence-corrected chi connectivity index (χ0v) is 15.2. The van der Waals surface area contributed by atoms with Crippen LogP contribution in [0.2, 0.25) is 0 Å². The van der Waals surface area contributed by atoms with E-state index >= 15 is 0 Å². The smallest absolute Gasteiger partial charge is 0.303 e. The van der Waals surface area contributed by atoms with Crippen LogP contribution < -0.4 is 5.32 Å². The van der Waals surface area contributed by atoms with Crippen molar-refractivity contribution in [3.63, 3.8) is 0 Å². The van der Waals surface area contributed by atoms with E-state index in [1.165, 1.54) is 12.1 Å². The third-order valence-electron chi connectivity index (χ3n) is 4.45. The minimum atomic E-state index is -1.64. The van der Waals surface area contributed by atoms with E-state index in [0.29, 0.717) is 17.9 Å². The fourth-order valence-corrected chi connectivity index (χ4v) is 3.96. The van der Waals surface area contributed by atoms with Crippen LogP contribution in [-0.2, 0) is 4.79 Å². The first-order chi connectivity index (χ1) is 13.2. The second kappa shape index (κ2) is 7.83. The van der Waals surface area contributed by atoms with Gasteiger partial charge in [-0.05, 0) is 36.5 Å². The van der Waals surface area contributed by atoms with Crippen molar-refractivity contribution in [3.8, 4) is 0 Å². The third-order valence-corrected chi connectivity index (χ3v) is 5.83.